The van der Waals surface area contributed by atoms with Gasteiger partial charge in [0.1, 0.15) is 5.60 Å². The molecule has 1 fully saturated rings. The van der Waals surface area contributed by atoms with Crippen LogP contribution in [0.1, 0.15) is 39.2 Å². The van der Waals surface area contributed by atoms with Crippen molar-refractivity contribution < 1.29 is 14.3 Å². The minimum Gasteiger partial charge on any atom is -0.443 e. The number of halogens is 1. The van der Waals surface area contributed by atoms with Crippen molar-refractivity contribution >= 4 is 39.2 Å². The van der Waals surface area contributed by atoms with Gasteiger partial charge in [-0.15, -0.1) is 0 Å². The fourth-order valence-corrected chi connectivity index (χ4v) is 3.04. The molecule has 0 aliphatic carbocycles. The number of hydrogen-bond acceptors (Lipinski definition) is 3. The van der Waals surface area contributed by atoms with Crippen molar-refractivity contribution in [1.29, 1.82) is 0 Å². The zero-order valence-corrected chi connectivity index (χ0v) is 16.9. The van der Waals surface area contributed by atoms with E-state index in [0.29, 0.717) is 16.8 Å². The Labute approximate surface area is 157 Å². The van der Waals surface area contributed by atoms with E-state index in [-0.39, 0.29) is 5.91 Å². The first-order chi connectivity index (χ1) is 11.6. The van der Waals surface area contributed by atoms with Crippen molar-refractivity contribution in [2.45, 2.75) is 39.2 Å². The molecule has 0 unspecified atom stereocenters. The third-order valence-electron chi connectivity index (χ3n) is 3.97. The van der Waals surface area contributed by atoms with Crippen LogP contribution in [0.3, 0.4) is 0 Å². The molecule has 0 atom stereocenters. The molecule has 1 heterocycles. The van der Waals surface area contributed by atoms with E-state index in [0.717, 1.165) is 30.4 Å². The number of nitrogens with zero attached hydrogens (tertiary/aromatic N) is 2. The molecule has 1 aliphatic rings. The van der Waals surface area contributed by atoms with Crippen molar-refractivity contribution in [2.24, 2.45) is 0 Å². The van der Waals surface area contributed by atoms with E-state index in [1.807, 2.05) is 31.7 Å². The summed E-state index contributed by atoms with van der Waals surface area (Å²) in [6, 6.07) is 5.43. The maximum Gasteiger partial charge on any atom is 0.414 e. The highest BCUT2D eigenvalue weighted by Gasteiger charge is 2.26. The summed E-state index contributed by atoms with van der Waals surface area (Å²) >= 11 is 3.42. The van der Waals surface area contributed by atoms with E-state index in [1.54, 1.807) is 19.2 Å². The summed E-state index contributed by atoms with van der Waals surface area (Å²) in [5.41, 5.74) is 1.01. The van der Waals surface area contributed by atoms with Crippen LogP contribution >= 0.6 is 15.9 Å². The highest BCUT2D eigenvalue weighted by molar-refractivity contribution is 9.10. The lowest BCUT2D eigenvalue weighted by Crippen LogP contribution is -2.35. The minimum absolute atomic E-state index is 0.0846. The van der Waals surface area contributed by atoms with Gasteiger partial charge in [-0.1, -0.05) is 28.6 Å². The molecule has 0 N–H and O–H groups in total. The van der Waals surface area contributed by atoms with Crippen molar-refractivity contribution in [3.05, 3.63) is 34.8 Å². The smallest absolute Gasteiger partial charge is 0.414 e. The molecular weight excluding hydrogens is 384 g/mol. The Morgan fingerprint density at radius 2 is 1.84 bits per heavy atom. The average Bonchev–Trinajstić information content (AvgIpc) is 3.05. The van der Waals surface area contributed by atoms with Gasteiger partial charge in [-0.05, 0) is 45.7 Å². The molecule has 0 spiro atoms. The fourth-order valence-electron chi connectivity index (χ4n) is 2.69. The molecule has 1 saturated heterocycles. The van der Waals surface area contributed by atoms with E-state index in [1.165, 1.54) is 4.90 Å². The summed E-state index contributed by atoms with van der Waals surface area (Å²) in [5, 5.41) is 0. The average molecular weight is 409 g/mol. The Kier molecular flexibility index (Phi) is 5.93. The molecule has 0 saturated carbocycles. The van der Waals surface area contributed by atoms with E-state index in [9.17, 15) is 9.59 Å². The first-order valence-corrected chi connectivity index (χ1v) is 9.14. The molecule has 2 amide bonds. The molecule has 25 heavy (non-hydrogen) atoms. The Morgan fingerprint density at radius 1 is 1.24 bits per heavy atom. The number of rotatable bonds is 3. The first kappa shape index (κ1) is 19.5. The summed E-state index contributed by atoms with van der Waals surface area (Å²) < 4.78 is 6.24. The van der Waals surface area contributed by atoms with Crippen LogP contribution in [0.2, 0.25) is 0 Å². The van der Waals surface area contributed by atoms with Crippen LogP contribution < -0.4 is 4.90 Å². The molecule has 136 valence electrons. The van der Waals surface area contributed by atoms with Gasteiger partial charge in [0.15, 0.2) is 0 Å². The Bertz CT molecular complexity index is 688. The number of hydrogen-bond donors (Lipinski definition) is 0. The number of anilines is 1. The molecule has 2 rings (SSSR count). The zero-order valence-electron chi connectivity index (χ0n) is 15.3. The van der Waals surface area contributed by atoms with Gasteiger partial charge in [0.25, 0.3) is 5.91 Å². The summed E-state index contributed by atoms with van der Waals surface area (Å²) in [5.74, 6) is -0.0846. The van der Waals surface area contributed by atoms with Crippen LogP contribution in [0.15, 0.2) is 29.3 Å². The Morgan fingerprint density at radius 3 is 2.40 bits per heavy atom. The predicted octanol–water partition coefficient (Wildman–Crippen LogP) is 4.46. The molecule has 0 bridgehead atoms. The van der Waals surface area contributed by atoms with Gasteiger partial charge in [-0.25, -0.2) is 4.79 Å². The van der Waals surface area contributed by atoms with Gasteiger partial charge < -0.3 is 9.64 Å². The molecule has 6 heteroatoms. The number of amides is 2. The van der Waals surface area contributed by atoms with E-state index < -0.39 is 11.7 Å². The normalized spacial score (nSPS) is 14.4. The van der Waals surface area contributed by atoms with Crippen LogP contribution in [-0.4, -0.2) is 42.6 Å². The molecule has 1 aliphatic heterocycles. The van der Waals surface area contributed by atoms with Gasteiger partial charge in [0.2, 0.25) is 0 Å². The highest BCUT2D eigenvalue weighted by Crippen LogP contribution is 2.31. The summed E-state index contributed by atoms with van der Waals surface area (Å²) in [6.07, 6.45) is 1.56. The number of likely N-dealkylation sites (tertiary alicyclic amines) is 1. The van der Waals surface area contributed by atoms with Crippen LogP contribution in [-0.2, 0) is 9.53 Å². The van der Waals surface area contributed by atoms with Gasteiger partial charge >= 0.3 is 6.09 Å². The number of benzene rings is 1. The van der Waals surface area contributed by atoms with Crippen LogP contribution in [0.4, 0.5) is 10.5 Å². The summed E-state index contributed by atoms with van der Waals surface area (Å²) in [7, 11) is 1.63. The van der Waals surface area contributed by atoms with Gasteiger partial charge in [-0.2, -0.15) is 0 Å². The SMILES string of the molecule is C=C(C(=O)N1CCCC1)c1ccc(Br)cc1N(C)C(=O)OC(C)(C)C. The quantitative estimate of drug-likeness (QED) is 0.693. The fraction of sp³-hybridized carbons (Fsp3) is 0.474. The van der Waals surface area contributed by atoms with Crippen molar-refractivity contribution in [1.82, 2.24) is 4.90 Å². The lowest BCUT2D eigenvalue weighted by Gasteiger charge is -2.27. The van der Waals surface area contributed by atoms with E-state index in [4.69, 9.17) is 4.74 Å². The molecule has 1 aromatic carbocycles. The largest absolute Gasteiger partial charge is 0.443 e. The van der Waals surface area contributed by atoms with Crippen LogP contribution in [0.25, 0.3) is 5.57 Å². The maximum atomic E-state index is 12.7. The third-order valence-corrected chi connectivity index (χ3v) is 4.46. The molecule has 5 nitrogen and oxygen atoms in total. The second kappa shape index (κ2) is 7.60. The van der Waals surface area contributed by atoms with Crippen molar-refractivity contribution in [2.75, 3.05) is 25.0 Å². The zero-order chi connectivity index (χ0) is 18.8. The van der Waals surface area contributed by atoms with Crippen LogP contribution in [0.5, 0.6) is 0 Å². The molecule has 0 aromatic heterocycles. The van der Waals surface area contributed by atoms with Gasteiger partial charge in [0, 0.05) is 35.7 Å². The van der Waals surface area contributed by atoms with Crippen molar-refractivity contribution in [3.63, 3.8) is 0 Å². The molecule has 0 radical (unpaired) electrons. The topological polar surface area (TPSA) is 49.9 Å². The number of carbonyl (C=O) groups is 2. The second-order valence-corrected chi connectivity index (χ2v) is 8.09. The Balaban J connectivity index is 2.31. The van der Waals surface area contributed by atoms with Crippen molar-refractivity contribution in [3.8, 4) is 0 Å². The Hall–Kier alpha value is -1.82. The van der Waals surface area contributed by atoms with Gasteiger partial charge in [-0.3, -0.25) is 9.69 Å². The van der Waals surface area contributed by atoms with E-state index >= 15 is 0 Å². The minimum atomic E-state index is -0.597. The lowest BCUT2D eigenvalue weighted by molar-refractivity contribution is -0.123. The second-order valence-electron chi connectivity index (χ2n) is 7.18. The lowest BCUT2D eigenvalue weighted by atomic mass is 10.0. The monoisotopic (exact) mass is 408 g/mol. The summed E-state index contributed by atoms with van der Waals surface area (Å²) in [4.78, 5) is 28.3. The summed E-state index contributed by atoms with van der Waals surface area (Å²) in [6.45, 7) is 10.9. The maximum absolute atomic E-state index is 12.7. The standard InChI is InChI=1S/C19H25BrN2O3/c1-13(17(23)22-10-6-7-11-22)15-9-8-14(20)12-16(15)21(5)18(24)25-19(2,3)4/h8-9,12H,1,6-7,10-11H2,2-5H3. The number of carbonyl (C=O) groups excluding carboxylic acids is 2. The molecular formula is C19H25BrN2O3. The van der Waals surface area contributed by atoms with Crippen LogP contribution in [0, 0.1) is 0 Å². The van der Waals surface area contributed by atoms with E-state index in [2.05, 4.69) is 22.5 Å². The third kappa shape index (κ3) is 4.84. The van der Waals surface area contributed by atoms with Gasteiger partial charge in [0.05, 0.1) is 5.69 Å². The highest BCUT2D eigenvalue weighted by atomic mass is 79.9. The molecule has 1 aromatic rings. The number of ether oxygens (including phenoxy) is 1. The first-order valence-electron chi connectivity index (χ1n) is 8.35. The predicted molar refractivity (Wildman–Crippen MR) is 104 cm³/mol.